The highest BCUT2D eigenvalue weighted by atomic mass is 16.7. The first-order valence-electron chi connectivity index (χ1n) is 11.4. The summed E-state index contributed by atoms with van der Waals surface area (Å²) >= 11 is 0. The molecule has 4 rings (SSSR count). The van der Waals surface area contributed by atoms with E-state index >= 15 is 0 Å². The van der Waals surface area contributed by atoms with Gasteiger partial charge in [-0.25, -0.2) is 4.79 Å². The van der Waals surface area contributed by atoms with Gasteiger partial charge in [0.1, 0.15) is 5.75 Å². The summed E-state index contributed by atoms with van der Waals surface area (Å²) in [6.07, 6.45) is 0.610. The van der Waals surface area contributed by atoms with Gasteiger partial charge in [0.2, 0.25) is 11.8 Å². The maximum absolute atomic E-state index is 11.9. The quantitative estimate of drug-likeness (QED) is 0.313. The number of benzene rings is 2. The van der Waals surface area contributed by atoms with Gasteiger partial charge >= 0.3 is 6.16 Å². The molecule has 0 aliphatic rings. The van der Waals surface area contributed by atoms with Crippen molar-refractivity contribution in [2.24, 2.45) is 0 Å². The summed E-state index contributed by atoms with van der Waals surface area (Å²) in [7, 11) is 0. The van der Waals surface area contributed by atoms with Crippen molar-refractivity contribution in [1.82, 2.24) is 14.5 Å². The van der Waals surface area contributed by atoms with E-state index in [0.717, 1.165) is 11.1 Å². The molecule has 10 nitrogen and oxygen atoms in total. The minimum Gasteiger partial charge on any atom is -0.438 e. The SMILES string of the molecule is Cc1cc(C#N)cc(C)c1Oc1nc(Nc2ccc(C#N)cc2)nc2c1ccn2COC(=O)OC(C)C. The number of aryl methyl sites for hydroxylation is 2. The Kier molecular flexibility index (Phi) is 7.21. The van der Waals surface area contributed by atoms with Crippen molar-refractivity contribution in [2.45, 2.75) is 40.5 Å². The number of carbonyl (C=O) groups excluding carboxylic acids is 1. The Morgan fingerprint density at radius 1 is 1.03 bits per heavy atom. The van der Waals surface area contributed by atoms with Crippen LogP contribution >= 0.6 is 0 Å². The van der Waals surface area contributed by atoms with E-state index in [4.69, 9.17) is 19.5 Å². The van der Waals surface area contributed by atoms with E-state index in [2.05, 4.69) is 27.4 Å². The molecule has 10 heteroatoms. The van der Waals surface area contributed by atoms with E-state index in [-0.39, 0.29) is 24.7 Å². The highest BCUT2D eigenvalue weighted by molar-refractivity contribution is 5.83. The summed E-state index contributed by atoms with van der Waals surface area (Å²) in [6.45, 7) is 7.05. The Labute approximate surface area is 213 Å². The van der Waals surface area contributed by atoms with Crippen molar-refractivity contribution in [3.63, 3.8) is 0 Å². The molecule has 0 unspecified atom stereocenters. The molecule has 0 saturated heterocycles. The van der Waals surface area contributed by atoms with Gasteiger partial charge in [-0.05, 0) is 81.3 Å². The van der Waals surface area contributed by atoms with Gasteiger partial charge in [0.25, 0.3) is 0 Å². The second-order valence-electron chi connectivity index (χ2n) is 8.53. The Morgan fingerprint density at radius 2 is 1.70 bits per heavy atom. The van der Waals surface area contributed by atoms with Crippen LogP contribution in [0.5, 0.6) is 11.6 Å². The fraction of sp³-hybridized carbons (Fsp3) is 0.222. The third kappa shape index (κ3) is 5.77. The monoisotopic (exact) mass is 496 g/mol. The Balaban J connectivity index is 1.73. The largest absolute Gasteiger partial charge is 0.510 e. The van der Waals surface area contributed by atoms with Crippen molar-refractivity contribution in [2.75, 3.05) is 5.32 Å². The number of hydrogen-bond donors (Lipinski definition) is 1. The van der Waals surface area contributed by atoms with Crippen LogP contribution in [-0.4, -0.2) is 26.8 Å². The Bertz CT molecular complexity index is 1520. The highest BCUT2D eigenvalue weighted by Crippen LogP contribution is 2.34. The molecule has 0 aliphatic heterocycles. The number of ether oxygens (including phenoxy) is 3. The van der Waals surface area contributed by atoms with E-state index in [9.17, 15) is 10.1 Å². The van der Waals surface area contributed by atoms with Crippen LogP contribution < -0.4 is 10.1 Å². The molecule has 0 bridgehead atoms. The maximum Gasteiger partial charge on any atom is 0.510 e. The Morgan fingerprint density at radius 3 is 2.32 bits per heavy atom. The van der Waals surface area contributed by atoms with E-state index < -0.39 is 6.16 Å². The minimum absolute atomic E-state index is 0.128. The van der Waals surface area contributed by atoms with Crippen LogP contribution in [0.4, 0.5) is 16.4 Å². The molecule has 0 spiro atoms. The normalized spacial score (nSPS) is 10.6. The molecule has 0 atom stereocenters. The maximum atomic E-state index is 11.9. The molecule has 4 aromatic rings. The number of aromatic nitrogens is 3. The lowest BCUT2D eigenvalue weighted by Gasteiger charge is -2.14. The number of nitriles is 2. The molecule has 37 heavy (non-hydrogen) atoms. The van der Waals surface area contributed by atoms with Gasteiger partial charge < -0.3 is 19.5 Å². The average Bonchev–Trinajstić information content (AvgIpc) is 3.27. The standard InChI is InChI=1S/C27H24N6O4/c1-16(2)36-27(34)35-15-33-10-9-22-24(33)31-26(30-21-7-5-19(13-28)6-8-21)32-25(22)37-23-17(3)11-20(14-29)12-18(23)4/h5-12,16H,15H2,1-4H3,(H,30,31,32). The summed E-state index contributed by atoms with van der Waals surface area (Å²) < 4.78 is 18.2. The second-order valence-corrected chi connectivity index (χ2v) is 8.53. The molecule has 0 saturated carbocycles. The number of carbonyl (C=O) groups is 1. The van der Waals surface area contributed by atoms with E-state index in [1.165, 1.54) is 0 Å². The lowest BCUT2D eigenvalue weighted by atomic mass is 10.1. The zero-order chi connectivity index (χ0) is 26.5. The number of anilines is 2. The van der Waals surface area contributed by atoms with Gasteiger partial charge in [0.05, 0.1) is 34.8 Å². The molecule has 186 valence electrons. The first kappa shape index (κ1) is 25.0. The number of hydrogen-bond acceptors (Lipinski definition) is 9. The van der Waals surface area contributed by atoms with Gasteiger partial charge in [0, 0.05) is 11.9 Å². The number of rotatable bonds is 7. The van der Waals surface area contributed by atoms with Crippen LogP contribution in [0.15, 0.2) is 48.7 Å². The molecular weight excluding hydrogens is 472 g/mol. The summed E-state index contributed by atoms with van der Waals surface area (Å²) in [5.41, 5.74) is 3.76. The van der Waals surface area contributed by atoms with Gasteiger partial charge in [-0.2, -0.15) is 20.5 Å². The lowest BCUT2D eigenvalue weighted by Crippen LogP contribution is -2.15. The van der Waals surface area contributed by atoms with Crippen molar-refractivity contribution >= 4 is 28.8 Å². The summed E-state index contributed by atoms with van der Waals surface area (Å²) in [6, 6.07) is 16.3. The number of fused-ring (bicyclic) bond motifs is 1. The smallest absolute Gasteiger partial charge is 0.438 e. The van der Waals surface area contributed by atoms with Crippen LogP contribution in [0.1, 0.15) is 36.1 Å². The molecule has 0 radical (unpaired) electrons. The van der Waals surface area contributed by atoms with Crippen LogP contribution in [0.25, 0.3) is 11.0 Å². The molecular formula is C27H24N6O4. The highest BCUT2D eigenvalue weighted by Gasteiger charge is 2.18. The van der Waals surface area contributed by atoms with Crippen molar-refractivity contribution in [1.29, 1.82) is 10.5 Å². The number of nitrogens with zero attached hydrogens (tertiary/aromatic N) is 5. The molecule has 0 amide bonds. The fourth-order valence-electron chi connectivity index (χ4n) is 3.65. The molecule has 0 aliphatic carbocycles. The van der Waals surface area contributed by atoms with Gasteiger partial charge in [-0.15, -0.1) is 0 Å². The van der Waals surface area contributed by atoms with Gasteiger partial charge in [0.15, 0.2) is 12.4 Å². The van der Waals surface area contributed by atoms with Crippen molar-refractivity contribution < 1.29 is 19.0 Å². The van der Waals surface area contributed by atoms with Crippen LogP contribution in [0.3, 0.4) is 0 Å². The van der Waals surface area contributed by atoms with E-state index in [0.29, 0.717) is 33.6 Å². The second kappa shape index (κ2) is 10.7. The summed E-state index contributed by atoms with van der Waals surface area (Å²) in [5, 5.41) is 22.1. The predicted molar refractivity (Wildman–Crippen MR) is 135 cm³/mol. The zero-order valence-electron chi connectivity index (χ0n) is 20.8. The van der Waals surface area contributed by atoms with E-state index in [1.807, 2.05) is 13.8 Å². The molecule has 0 fully saturated rings. The Hall–Kier alpha value is -5.09. The molecule has 1 N–H and O–H groups in total. The van der Waals surface area contributed by atoms with E-state index in [1.54, 1.807) is 67.1 Å². The zero-order valence-corrected chi connectivity index (χ0v) is 20.8. The van der Waals surface area contributed by atoms with Crippen LogP contribution in [-0.2, 0) is 16.2 Å². The van der Waals surface area contributed by atoms with Crippen molar-refractivity contribution in [3.8, 4) is 23.8 Å². The minimum atomic E-state index is -0.790. The fourth-order valence-corrected chi connectivity index (χ4v) is 3.65. The molecule has 2 aromatic heterocycles. The first-order valence-corrected chi connectivity index (χ1v) is 11.4. The first-order chi connectivity index (χ1) is 17.8. The third-order valence-corrected chi connectivity index (χ3v) is 5.30. The topological polar surface area (TPSA) is 135 Å². The predicted octanol–water partition coefficient (Wildman–Crippen LogP) is 5.85. The summed E-state index contributed by atoms with van der Waals surface area (Å²) in [4.78, 5) is 21.1. The molecule has 2 heterocycles. The van der Waals surface area contributed by atoms with Gasteiger partial charge in [-0.1, -0.05) is 0 Å². The number of nitrogens with one attached hydrogen (secondary N) is 1. The average molecular weight is 497 g/mol. The lowest BCUT2D eigenvalue weighted by molar-refractivity contribution is 0.0169. The van der Waals surface area contributed by atoms with Gasteiger partial charge in [-0.3, -0.25) is 4.57 Å². The van der Waals surface area contributed by atoms with Crippen LogP contribution in [0.2, 0.25) is 0 Å². The molecule has 2 aromatic carbocycles. The van der Waals surface area contributed by atoms with Crippen LogP contribution in [0, 0.1) is 36.5 Å². The van der Waals surface area contributed by atoms with Crippen molar-refractivity contribution in [3.05, 3.63) is 70.9 Å². The third-order valence-electron chi connectivity index (χ3n) is 5.30. The summed E-state index contributed by atoms with van der Waals surface area (Å²) in [5.74, 6) is 1.09.